The van der Waals surface area contributed by atoms with Crippen molar-refractivity contribution < 1.29 is 4.79 Å². The molecule has 2 aromatic heterocycles. The smallest absolute Gasteiger partial charge is 0.222 e. The first-order valence-electron chi connectivity index (χ1n) is 8.36. The van der Waals surface area contributed by atoms with Gasteiger partial charge in [-0.3, -0.25) is 14.5 Å². The third-order valence-electron chi connectivity index (χ3n) is 4.76. The Morgan fingerprint density at radius 1 is 1.17 bits per heavy atom. The fraction of sp³-hybridized carbons (Fsp3) is 0.500. The largest absolute Gasteiger partial charge is 0.343 e. The zero-order valence-electron chi connectivity index (χ0n) is 13.7. The molecule has 1 saturated heterocycles. The third-order valence-corrected chi connectivity index (χ3v) is 4.76. The van der Waals surface area contributed by atoms with Gasteiger partial charge in [-0.15, -0.1) is 0 Å². The summed E-state index contributed by atoms with van der Waals surface area (Å²) in [6.07, 6.45) is 10.1. The Bertz CT molecular complexity index is 629. The maximum atomic E-state index is 12.4. The number of amides is 1. The van der Waals surface area contributed by atoms with Crippen molar-refractivity contribution in [3.63, 3.8) is 0 Å². The zero-order valence-corrected chi connectivity index (χ0v) is 13.7. The van der Waals surface area contributed by atoms with E-state index in [0.717, 1.165) is 44.5 Å². The van der Waals surface area contributed by atoms with E-state index in [1.165, 1.54) is 5.56 Å². The highest BCUT2D eigenvalue weighted by atomic mass is 16.2. The molecule has 0 N–H and O–H groups in total. The van der Waals surface area contributed by atoms with E-state index in [9.17, 15) is 4.79 Å². The van der Waals surface area contributed by atoms with Gasteiger partial charge in [0, 0.05) is 50.8 Å². The normalized spacial score (nSPS) is 15.8. The number of carbonyl (C=O) groups is 1. The van der Waals surface area contributed by atoms with Crippen LogP contribution in [0.5, 0.6) is 0 Å². The Balaban J connectivity index is 1.43. The Hall–Kier alpha value is -2.17. The number of aromatic nitrogens is 3. The predicted octanol–water partition coefficient (Wildman–Crippen LogP) is 2.23. The van der Waals surface area contributed by atoms with Crippen molar-refractivity contribution in [3.05, 3.63) is 48.0 Å². The summed E-state index contributed by atoms with van der Waals surface area (Å²) in [7, 11) is 1.92. The predicted molar refractivity (Wildman–Crippen MR) is 88.8 cm³/mol. The summed E-state index contributed by atoms with van der Waals surface area (Å²) in [6.45, 7) is 1.78. The average molecular weight is 312 g/mol. The molecule has 0 aliphatic carbocycles. The molecule has 1 fully saturated rings. The van der Waals surface area contributed by atoms with E-state index in [2.05, 4.69) is 22.2 Å². The lowest BCUT2D eigenvalue weighted by Crippen LogP contribution is -2.39. The van der Waals surface area contributed by atoms with Crippen molar-refractivity contribution in [2.45, 2.75) is 32.1 Å². The highest BCUT2D eigenvalue weighted by Crippen LogP contribution is 2.22. The first kappa shape index (κ1) is 15.7. The fourth-order valence-electron chi connectivity index (χ4n) is 3.28. The number of hydrogen-bond acceptors (Lipinski definition) is 3. The van der Waals surface area contributed by atoms with Crippen molar-refractivity contribution in [3.8, 4) is 0 Å². The summed E-state index contributed by atoms with van der Waals surface area (Å²) >= 11 is 0. The van der Waals surface area contributed by atoms with Gasteiger partial charge < -0.3 is 4.90 Å². The topological polar surface area (TPSA) is 51.0 Å². The molecule has 1 aliphatic rings. The van der Waals surface area contributed by atoms with E-state index >= 15 is 0 Å². The van der Waals surface area contributed by atoms with Crippen molar-refractivity contribution >= 4 is 5.91 Å². The van der Waals surface area contributed by atoms with Gasteiger partial charge in [0.25, 0.3) is 0 Å². The van der Waals surface area contributed by atoms with Gasteiger partial charge in [0.05, 0.1) is 0 Å². The summed E-state index contributed by atoms with van der Waals surface area (Å²) < 4.78 is 1.84. The highest BCUT2D eigenvalue weighted by Gasteiger charge is 2.22. The molecule has 1 amide bonds. The monoisotopic (exact) mass is 312 g/mol. The molecule has 1 aliphatic heterocycles. The van der Waals surface area contributed by atoms with Crippen LogP contribution in [0.2, 0.25) is 0 Å². The lowest BCUT2D eigenvalue weighted by atomic mass is 9.90. The molecule has 0 bridgehead atoms. The van der Waals surface area contributed by atoms with Crippen LogP contribution in [0.4, 0.5) is 0 Å². The second-order valence-corrected chi connectivity index (χ2v) is 6.33. The molecular weight excluding hydrogens is 288 g/mol. The van der Waals surface area contributed by atoms with Gasteiger partial charge in [-0.2, -0.15) is 5.10 Å². The standard InChI is InChI=1S/C18H24N4O/c1-21-17(6-11-20-21)2-3-18(23)22-12-7-16(8-13-22)14-15-4-9-19-10-5-15/h4-6,9-11,16H,2-3,7-8,12-14H2,1H3. The number of likely N-dealkylation sites (tertiary alicyclic amines) is 1. The van der Waals surface area contributed by atoms with E-state index in [4.69, 9.17) is 0 Å². The van der Waals surface area contributed by atoms with Crippen molar-refractivity contribution in [2.24, 2.45) is 13.0 Å². The van der Waals surface area contributed by atoms with Crippen LogP contribution in [0.25, 0.3) is 0 Å². The van der Waals surface area contributed by atoms with Gasteiger partial charge in [0.2, 0.25) is 5.91 Å². The van der Waals surface area contributed by atoms with Crippen LogP contribution in [-0.4, -0.2) is 38.7 Å². The van der Waals surface area contributed by atoms with Crippen LogP contribution < -0.4 is 0 Å². The van der Waals surface area contributed by atoms with Gasteiger partial charge in [0.1, 0.15) is 0 Å². The van der Waals surface area contributed by atoms with Crippen LogP contribution in [0.3, 0.4) is 0 Å². The molecule has 2 aromatic rings. The number of pyridine rings is 1. The number of piperidine rings is 1. The quantitative estimate of drug-likeness (QED) is 0.851. The number of carbonyl (C=O) groups excluding carboxylic acids is 1. The van der Waals surface area contributed by atoms with E-state index in [0.29, 0.717) is 12.3 Å². The second kappa shape index (κ2) is 7.40. The van der Waals surface area contributed by atoms with Crippen LogP contribution in [0.1, 0.15) is 30.5 Å². The average Bonchev–Trinajstić information content (AvgIpc) is 2.99. The second-order valence-electron chi connectivity index (χ2n) is 6.33. The Kier molecular flexibility index (Phi) is 5.05. The molecule has 0 saturated carbocycles. The van der Waals surface area contributed by atoms with Crippen LogP contribution >= 0.6 is 0 Å². The van der Waals surface area contributed by atoms with Gasteiger partial charge in [0.15, 0.2) is 0 Å². The van der Waals surface area contributed by atoms with Gasteiger partial charge in [-0.1, -0.05) is 0 Å². The maximum Gasteiger partial charge on any atom is 0.222 e. The zero-order chi connectivity index (χ0) is 16.1. The molecule has 3 heterocycles. The minimum absolute atomic E-state index is 0.272. The van der Waals surface area contributed by atoms with E-state index < -0.39 is 0 Å². The maximum absolute atomic E-state index is 12.4. The molecule has 122 valence electrons. The van der Waals surface area contributed by atoms with Gasteiger partial charge in [-0.05, 0) is 55.4 Å². The highest BCUT2D eigenvalue weighted by molar-refractivity contribution is 5.76. The summed E-state index contributed by atoms with van der Waals surface area (Å²) in [6, 6.07) is 6.16. The molecule has 3 rings (SSSR count). The summed E-state index contributed by atoms with van der Waals surface area (Å²) in [5.41, 5.74) is 2.46. The third kappa shape index (κ3) is 4.18. The molecule has 0 aromatic carbocycles. The molecule has 0 unspecified atom stereocenters. The molecule has 5 nitrogen and oxygen atoms in total. The van der Waals surface area contributed by atoms with Gasteiger partial charge >= 0.3 is 0 Å². The number of hydrogen-bond donors (Lipinski definition) is 0. The number of nitrogens with zero attached hydrogens (tertiary/aromatic N) is 4. The Morgan fingerprint density at radius 3 is 2.57 bits per heavy atom. The van der Waals surface area contributed by atoms with Crippen molar-refractivity contribution in [1.82, 2.24) is 19.7 Å². The Morgan fingerprint density at radius 2 is 1.91 bits per heavy atom. The van der Waals surface area contributed by atoms with E-state index in [1.807, 2.05) is 35.1 Å². The van der Waals surface area contributed by atoms with Gasteiger partial charge in [-0.25, -0.2) is 0 Å². The summed E-state index contributed by atoms with van der Waals surface area (Å²) in [5.74, 6) is 0.951. The Labute approximate surface area is 137 Å². The minimum Gasteiger partial charge on any atom is -0.343 e. The van der Waals surface area contributed by atoms with E-state index in [1.54, 1.807) is 6.20 Å². The molecule has 0 radical (unpaired) electrons. The minimum atomic E-state index is 0.272. The van der Waals surface area contributed by atoms with Crippen LogP contribution in [-0.2, 0) is 24.7 Å². The van der Waals surface area contributed by atoms with Crippen LogP contribution in [0, 0.1) is 5.92 Å². The lowest BCUT2D eigenvalue weighted by molar-refractivity contribution is -0.132. The molecular formula is C18H24N4O. The number of aryl methyl sites for hydroxylation is 2. The summed E-state index contributed by atoms with van der Waals surface area (Å²) in [4.78, 5) is 18.4. The lowest BCUT2D eigenvalue weighted by Gasteiger charge is -2.32. The molecule has 0 spiro atoms. The molecule has 23 heavy (non-hydrogen) atoms. The van der Waals surface area contributed by atoms with Crippen LogP contribution in [0.15, 0.2) is 36.8 Å². The van der Waals surface area contributed by atoms with Crippen molar-refractivity contribution in [1.29, 1.82) is 0 Å². The molecule has 0 atom stereocenters. The van der Waals surface area contributed by atoms with Crippen molar-refractivity contribution in [2.75, 3.05) is 13.1 Å². The number of rotatable bonds is 5. The fourth-order valence-corrected chi connectivity index (χ4v) is 3.28. The first-order valence-corrected chi connectivity index (χ1v) is 8.36. The summed E-state index contributed by atoms with van der Waals surface area (Å²) in [5, 5.41) is 4.14. The van der Waals surface area contributed by atoms with E-state index in [-0.39, 0.29) is 5.91 Å². The SMILES string of the molecule is Cn1nccc1CCC(=O)N1CCC(Cc2ccncc2)CC1. The first-order chi connectivity index (χ1) is 11.2. The molecule has 5 heteroatoms.